The highest BCUT2D eigenvalue weighted by molar-refractivity contribution is 5.94. The first kappa shape index (κ1) is 11.2. The van der Waals surface area contributed by atoms with Crippen molar-refractivity contribution in [3.63, 3.8) is 0 Å². The van der Waals surface area contributed by atoms with Crippen molar-refractivity contribution in [1.29, 1.82) is 5.41 Å². The maximum atomic E-state index is 9.93. The molecule has 4 heteroatoms. The third kappa shape index (κ3) is 1.44. The summed E-state index contributed by atoms with van der Waals surface area (Å²) < 4.78 is 4.89. The smallest absolute Gasteiger partial charge is 0.210 e. The van der Waals surface area contributed by atoms with Gasteiger partial charge in [0.05, 0.1) is 18.2 Å². The van der Waals surface area contributed by atoms with E-state index in [0.717, 1.165) is 0 Å². The van der Waals surface area contributed by atoms with E-state index in [1.165, 1.54) is 12.2 Å². The lowest BCUT2D eigenvalue weighted by atomic mass is 9.96. The minimum Gasteiger partial charge on any atom is -0.481 e. The number of nitrogens with one attached hydrogen (secondary N) is 1. The van der Waals surface area contributed by atoms with Crippen molar-refractivity contribution in [3.8, 4) is 0 Å². The fraction of sp³-hybridized carbons (Fsp3) is 0.700. The summed E-state index contributed by atoms with van der Waals surface area (Å²) in [6, 6.07) is 0. The first-order valence-corrected chi connectivity index (χ1v) is 4.59. The molecule has 0 spiro atoms. The average molecular weight is 198 g/mol. The zero-order chi connectivity index (χ0) is 11.1. The van der Waals surface area contributed by atoms with Crippen LogP contribution in [0.5, 0.6) is 0 Å². The second-order valence-corrected chi connectivity index (χ2v) is 4.62. The summed E-state index contributed by atoms with van der Waals surface area (Å²) in [5, 5.41) is 18.8. The molecule has 0 saturated carbocycles. The van der Waals surface area contributed by atoms with Crippen LogP contribution in [-0.2, 0) is 4.74 Å². The molecule has 1 rings (SSSR count). The van der Waals surface area contributed by atoms with Gasteiger partial charge in [-0.25, -0.2) is 0 Å². The molecule has 0 aromatic rings. The Balaban J connectivity index is 3.13. The van der Waals surface area contributed by atoms with Gasteiger partial charge in [-0.2, -0.15) is 5.06 Å². The minimum absolute atomic E-state index is 0.111. The highest BCUT2D eigenvalue weighted by Crippen LogP contribution is 2.38. The number of hydroxylamine groups is 2. The predicted molar refractivity (Wildman–Crippen MR) is 54.6 cm³/mol. The predicted octanol–water partition coefficient (Wildman–Crippen LogP) is 1.80. The summed E-state index contributed by atoms with van der Waals surface area (Å²) in [7, 11) is 1.46. The Labute approximate surface area is 84.6 Å². The lowest BCUT2D eigenvalue weighted by Crippen LogP contribution is -2.48. The van der Waals surface area contributed by atoms with Gasteiger partial charge >= 0.3 is 0 Å². The van der Waals surface area contributed by atoms with Gasteiger partial charge in [0.15, 0.2) is 0 Å². The van der Waals surface area contributed by atoms with Gasteiger partial charge in [-0.05, 0) is 27.7 Å². The molecule has 2 N–H and O–H groups in total. The Morgan fingerprint density at radius 1 is 1.43 bits per heavy atom. The van der Waals surface area contributed by atoms with Gasteiger partial charge in [0, 0.05) is 5.57 Å². The normalized spacial score (nSPS) is 24.6. The van der Waals surface area contributed by atoms with Crippen LogP contribution in [0.4, 0.5) is 0 Å². The van der Waals surface area contributed by atoms with Crippen molar-refractivity contribution in [2.75, 3.05) is 7.11 Å². The molecule has 0 aromatic carbocycles. The van der Waals surface area contributed by atoms with Crippen LogP contribution < -0.4 is 0 Å². The molecule has 0 aliphatic carbocycles. The van der Waals surface area contributed by atoms with Crippen molar-refractivity contribution in [3.05, 3.63) is 11.6 Å². The summed E-state index contributed by atoms with van der Waals surface area (Å²) in [5.74, 6) is 0.111. The highest BCUT2D eigenvalue weighted by atomic mass is 16.5. The molecule has 0 atom stereocenters. The van der Waals surface area contributed by atoms with Crippen LogP contribution in [-0.4, -0.2) is 34.4 Å². The van der Waals surface area contributed by atoms with Crippen LogP contribution in [0.2, 0.25) is 0 Å². The SMILES string of the molecule is COC(=N)C1=CC(C)(C)N(O)C1(C)C. The number of methoxy groups -OCH3 is 1. The van der Waals surface area contributed by atoms with E-state index in [0.29, 0.717) is 5.57 Å². The van der Waals surface area contributed by atoms with Gasteiger partial charge in [0.2, 0.25) is 5.90 Å². The molecule has 0 amide bonds. The molecule has 0 radical (unpaired) electrons. The van der Waals surface area contributed by atoms with E-state index in [9.17, 15) is 5.21 Å². The van der Waals surface area contributed by atoms with Gasteiger partial charge in [-0.15, -0.1) is 0 Å². The zero-order valence-electron chi connectivity index (χ0n) is 9.38. The summed E-state index contributed by atoms with van der Waals surface area (Å²) in [5.41, 5.74) is -0.312. The van der Waals surface area contributed by atoms with Crippen molar-refractivity contribution in [1.82, 2.24) is 5.06 Å². The van der Waals surface area contributed by atoms with Crippen molar-refractivity contribution >= 4 is 5.90 Å². The van der Waals surface area contributed by atoms with Gasteiger partial charge in [-0.1, -0.05) is 6.08 Å². The summed E-state index contributed by atoms with van der Waals surface area (Å²) in [6.07, 6.45) is 1.86. The van der Waals surface area contributed by atoms with E-state index >= 15 is 0 Å². The lowest BCUT2D eigenvalue weighted by molar-refractivity contribution is -0.184. The monoisotopic (exact) mass is 198 g/mol. The molecule has 1 heterocycles. The summed E-state index contributed by atoms with van der Waals surface area (Å²) >= 11 is 0. The maximum Gasteiger partial charge on any atom is 0.210 e. The number of nitrogens with zero attached hydrogens (tertiary/aromatic N) is 1. The second kappa shape index (κ2) is 3.07. The van der Waals surface area contributed by atoms with E-state index in [-0.39, 0.29) is 5.90 Å². The van der Waals surface area contributed by atoms with E-state index in [4.69, 9.17) is 10.1 Å². The molecule has 0 bridgehead atoms. The summed E-state index contributed by atoms with van der Waals surface area (Å²) in [4.78, 5) is 0. The van der Waals surface area contributed by atoms with E-state index in [1.54, 1.807) is 0 Å². The second-order valence-electron chi connectivity index (χ2n) is 4.62. The van der Waals surface area contributed by atoms with Crippen LogP contribution in [0.1, 0.15) is 27.7 Å². The molecule has 0 unspecified atom stereocenters. The zero-order valence-corrected chi connectivity index (χ0v) is 9.38. The van der Waals surface area contributed by atoms with E-state index in [2.05, 4.69) is 0 Å². The molecular formula is C10H18N2O2. The number of hydrogen-bond donors (Lipinski definition) is 2. The van der Waals surface area contributed by atoms with Gasteiger partial charge < -0.3 is 9.94 Å². The van der Waals surface area contributed by atoms with Crippen LogP contribution in [0.3, 0.4) is 0 Å². The number of ether oxygens (including phenoxy) is 1. The van der Waals surface area contributed by atoms with Crippen LogP contribution in [0, 0.1) is 5.41 Å². The van der Waals surface area contributed by atoms with Gasteiger partial charge in [-0.3, -0.25) is 5.41 Å². The third-order valence-electron chi connectivity index (χ3n) is 2.68. The highest BCUT2D eigenvalue weighted by Gasteiger charge is 2.46. The first-order chi connectivity index (χ1) is 6.23. The minimum atomic E-state index is -0.573. The van der Waals surface area contributed by atoms with Crippen molar-refractivity contribution < 1.29 is 9.94 Å². The maximum absolute atomic E-state index is 9.93. The largest absolute Gasteiger partial charge is 0.481 e. The molecule has 0 saturated heterocycles. The molecule has 1 aliphatic rings. The lowest BCUT2D eigenvalue weighted by Gasteiger charge is -2.35. The summed E-state index contributed by atoms with van der Waals surface area (Å²) in [6.45, 7) is 7.51. The van der Waals surface area contributed by atoms with Crippen molar-refractivity contribution in [2.24, 2.45) is 0 Å². The molecular weight excluding hydrogens is 180 g/mol. The fourth-order valence-corrected chi connectivity index (χ4v) is 1.88. The number of hydrogen-bond acceptors (Lipinski definition) is 4. The van der Waals surface area contributed by atoms with Crippen LogP contribution >= 0.6 is 0 Å². The van der Waals surface area contributed by atoms with E-state index in [1.807, 2.05) is 33.8 Å². The molecule has 1 aliphatic heterocycles. The molecule has 4 nitrogen and oxygen atoms in total. The Bertz CT molecular complexity index is 292. The molecule has 0 fully saturated rings. The third-order valence-corrected chi connectivity index (χ3v) is 2.68. The Hall–Kier alpha value is -0.870. The average Bonchev–Trinajstić information content (AvgIpc) is 2.25. The van der Waals surface area contributed by atoms with Crippen LogP contribution in [0.25, 0.3) is 0 Å². The Kier molecular flexibility index (Phi) is 2.46. The van der Waals surface area contributed by atoms with Crippen molar-refractivity contribution in [2.45, 2.75) is 38.8 Å². The Morgan fingerprint density at radius 2 is 1.93 bits per heavy atom. The first-order valence-electron chi connectivity index (χ1n) is 4.59. The Morgan fingerprint density at radius 3 is 2.21 bits per heavy atom. The van der Waals surface area contributed by atoms with Gasteiger partial charge in [0.25, 0.3) is 0 Å². The quantitative estimate of drug-likeness (QED) is 0.499. The topological polar surface area (TPSA) is 56.5 Å². The molecule has 14 heavy (non-hydrogen) atoms. The van der Waals surface area contributed by atoms with E-state index < -0.39 is 11.1 Å². The molecule has 0 aromatic heterocycles. The van der Waals surface area contributed by atoms with Crippen LogP contribution in [0.15, 0.2) is 11.6 Å². The fourth-order valence-electron chi connectivity index (χ4n) is 1.88. The molecule has 80 valence electrons. The van der Waals surface area contributed by atoms with Gasteiger partial charge in [0.1, 0.15) is 0 Å². The standard InChI is InChI=1S/C10H18N2O2/c1-9(2)6-7(8(11)14-5)10(3,4)12(9)13/h6,11,13H,1-5H3. The number of rotatable bonds is 1.